The van der Waals surface area contributed by atoms with Gasteiger partial charge < -0.3 is 19.5 Å². The van der Waals surface area contributed by atoms with Crippen molar-refractivity contribution in [2.75, 3.05) is 19.8 Å². The predicted molar refractivity (Wildman–Crippen MR) is 82.8 cm³/mol. The third-order valence-electron chi connectivity index (χ3n) is 4.00. The molecular formula is C16H19BO4. The van der Waals surface area contributed by atoms with Gasteiger partial charge in [-0.2, -0.15) is 0 Å². The monoisotopic (exact) mass is 286 g/mol. The van der Waals surface area contributed by atoms with Crippen LogP contribution in [0.1, 0.15) is 12.8 Å². The molecule has 5 heteroatoms. The fraction of sp³-hybridized carbons (Fsp3) is 0.375. The SMILES string of the molecule is OB(O)c1c(OCC2CCOCC2)ccc2ccccc12. The molecule has 1 fully saturated rings. The zero-order valence-electron chi connectivity index (χ0n) is 11.9. The standard InChI is InChI=1S/C16H19BO4/c18-17(19)16-14-4-2-1-3-13(14)5-6-15(16)21-11-12-7-9-20-10-8-12/h1-6,12,18-19H,7-11H2. The summed E-state index contributed by atoms with van der Waals surface area (Å²) < 4.78 is 11.2. The summed E-state index contributed by atoms with van der Waals surface area (Å²) in [4.78, 5) is 0. The Kier molecular flexibility index (Phi) is 4.43. The van der Waals surface area contributed by atoms with Crippen LogP contribution in [0.25, 0.3) is 10.8 Å². The minimum absolute atomic E-state index is 0.445. The Balaban J connectivity index is 1.85. The molecule has 0 saturated carbocycles. The van der Waals surface area contributed by atoms with Crippen LogP contribution in [0.5, 0.6) is 5.75 Å². The van der Waals surface area contributed by atoms with Crippen molar-refractivity contribution in [2.24, 2.45) is 5.92 Å². The molecule has 3 rings (SSSR count). The van der Waals surface area contributed by atoms with Gasteiger partial charge in [-0.15, -0.1) is 0 Å². The molecule has 0 atom stereocenters. The predicted octanol–water partition coefficient (Wildman–Crippen LogP) is 1.32. The van der Waals surface area contributed by atoms with Crippen molar-refractivity contribution in [3.05, 3.63) is 36.4 Å². The number of rotatable bonds is 4. The van der Waals surface area contributed by atoms with Crippen LogP contribution in [0.15, 0.2) is 36.4 Å². The van der Waals surface area contributed by atoms with E-state index < -0.39 is 7.12 Å². The molecule has 0 aliphatic carbocycles. The number of ether oxygens (including phenoxy) is 2. The number of hydrogen-bond donors (Lipinski definition) is 2. The lowest BCUT2D eigenvalue weighted by molar-refractivity contribution is 0.0499. The molecule has 0 amide bonds. The van der Waals surface area contributed by atoms with Crippen LogP contribution in [-0.4, -0.2) is 37.0 Å². The second kappa shape index (κ2) is 6.47. The highest BCUT2D eigenvalue weighted by atomic mass is 16.5. The van der Waals surface area contributed by atoms with Gasteiger partial charge in [0.2, 0.25) is 0 Å². The van der Waals surface area contributed by atoms with Gasteiger partial charge in [0.1, 0.15) is 5.75 Å². The van der Waals surface area contributed by atoms with E-state index in [-0.39, 0.29) is 0 Å². The normalized spacial score (nSPS) is 16.1. The highest BCUT2D eigenvalue weighted by Crippen LogP contribution is 2.21. The van der Waals surface area contributed by atoms with E-state index in [9.17, 15) is 10.0 Å². The summed E-state index contributed by atoms with van der Waals surface area (Å²) in [5.41, 5.74) is 0.445. The first kappa shape index (κ1) is 14.4. The molecule has 4 nitrogen and oxygen atoms in total. The van der Waals surface area contributed by atoms with Crippen molar-refractivity contribution in [1.29, 1.82) is 0 Å². The Bertz CT molecular complexity index is 608. The molecule has 0 radical (unpaired) electrons. The summed E-state index contributed by atoms with van der Waals surface area (Å²) in [7, 11) is -1.54. The van der Waals surface area contributed by atoms with E-state index >= 15 is 0 Å². The Morgan fingerprint density at radius 1 is 1.10 bits per heavy atom. The van der Waals surface area contributed by atoms with Crippen LogP contribution in [0, 0.1) is 5.92 Å². The van der Waals surface area contributed by atoms with Gasteiger partial charge >= 0.3 is 7.12 Å². The molecular weight excluding hydrogens is 267 g/mol. The van der Waals surface area contributed by atoms with E-state index in [1.807, 2.05) is 36.4 Å². The van der Waals surface area contributed by atoms with Crippen molar-refractivity contribution in [3.63, 3.8) is 0 Å². The van der Waals surface area contributed by atoms with Crippen LogP contribution in [0.4, 0.5) is 0 Å². The van der Waals surface area contributed by atoms with Gasteiger partial charge in [-0.3, -0.25) is 0 Å². The van der Waals surface area contributed by atoms with Gasteiger partial charge in [-0.05, 0) is 35.6 Å². The smallest absolute Gasteiger partial charge is 0.492 e. The van der Waals surface area contributed by atoms with E-state index in [4.69, 9.17) is 9.47 Å². The third kappa shape index (κ3) is 3.21. The highest BCUT2D eigenvalue weighted by Gasteiger charge is 2.22. The largest absolute Gasteiger partial charge is 0.494 e. The Labute approximate surface area is 124 Å². The van der Waals surface area contributed by atoms with Crippen LogP contribution in [-0.2, 0) is 4.74 Å². The van der Waals surface area contributed by atoms with Crippen molar-refractivity contribution in [2.45, 2.75) is 12.8 Å². The Hall–Kier alpha value is -1.56. The summed E-state index contributed by atoms with van der Waals surface area (Å²) in [5, 5.41) is 21.2. The zero-order chi connectivity index (χ0) is 14.7. The molecule has 2 N–H and O–H groups in total. The van der Waals surface area contributed by atoms with E-state index in [0.29, 0.717) is 23.7 Å². The van der Waals surface area contributed by atoms with Crippen LogP contribution in [0.3, 0.4) is 0 Å². The lowest BCUT2D eigenvalue weighted by atomic mass is 9.76. The lowest BCUT2D eigenvalue weighted by Crippen LogP contribution is -2.33. The summed E-state index contributed by atoms with van der Waals surface area (Å²) in [6, 6.07) is 11.4. The number of hydrogen-bond acceptors (Lipinski definition) is 4. The molecule has 0 bridgehead atoms. The lowest BCUT2D eigenvalue weighted by Gasteiger charge is -2.23. The van der Waals surface area contributed by atoms with E-state index in [1.54, 1.807) is 0 Å². The average Bonchev–Trinajstić information content (AvgIpc) is 2.53. The maximum Gasteiger partial charge on any atom is 0.492 e. The first-order chi connectivity index (χ1) is 10.3. The minimum Gasteiger partial charge on any atom is -0.494 e. The molecule has 0 spiro atoms. The molecule has 1 aliphatic heterocycles. The van der Waals surface area contributed by atoms with Crippen molar-refractivity contribution < 1.29 is 19.5 Å². The Morgan fingerprint density at radius 3 is 2.62 bits per heavy atom. The molecule has 21 heavy (non-hydrogen) atoms. The third-order valence-corrected chi connectivity index (χ3v) is 4.00. The molecule has 1 aliphatic rings. The van der Waals surface area contributed by atoms with Gasteiger partial charge in [0.25, 0.3) is 0 Å². The summed E-state index contributed by atoms with van der Waals surface area (Å²) >= 11 is 0. The average molecular weight is 286 g/mol. The molecule has 0 aromatic heterocycles. The van der Waals surface area contributed by atoms with E-state index in [2.05, 4.69) is 0 Å². The summed E-state index contributed by atoms with van der Waals surface area (Å²) in [6.45, 7) is 2.14. The molecule has 1 heterocycles. The second-order valence-corrected chi connectivity index (χ2v) is 5.44. The fourth-order valence-electron chi connectivity index (χ4n) is 2.79. The van der Waals surface area contributed by atoms with Gasteiger partial charge in [0.15, 0.2) is 0 Å². The number of fused-ring (bicyclic) bond motifs is 1. The minimum atomic E-state index is -1.54. The zero-order valence-corrected chi connectivity index (χ0v) is 11.9. The molecule has 0 unspecified atom stereocenters. The molecule has 110 valence electrons. The van der Waals surface area contributed by atoms with Gasteiger partial charge in [-0.25, -0.2) is 0 Å². The second-order valence-electron chi connectivity index (χ2n) is 5.44. The van der Waals surface area contributed by atoms with E-state index in [0.717, 1.165) is 36.8 Å². The van der Waals surface area contributed by atoms with Crippen molar-refractivity contribution in [3.8, 4) is 5.75 Å². The molecule has 2 aromatic carbocycles. The quantitative estimate of drug-likeness (QED) is 0.832. The summed E-state index contributed by atoms with van der Waals surface area (Å²) in [5.74, 6) is 1.02. The topological polar surface area (TPSA) is 58.9 Å². The highest BCUT2D eigenvalue weighted by molar-refractivity contribution is 6.63. The van der Waals surface area contributed by atoms with Crippen LogP contribution in [0.2, 0.25) is 0 Å². The van der Waals surface area contributed by atoms with Crippen LogP contribution >= 0.6 is 0 Å². The van der Waals surface area contributed by atoms with Crippen LogP contribution < -0.4 is 10.2 Å². The molecule has 2 aromatic rings. The van der Waals surface area contributed by atoms with Crippen molar-refractivity contribution >= 4 is 23.4 Å². The first-order valence-corrected chi connectivity index (χ1v) is 7.34. The fourth-order valence-corrected chi connectivity index (χ4v) is 2.79. The summed E-state index contributed by atoms with van der Waals surface area (Å²) in [6.07, 6.45) is 1.98. The maximum atomic E-state index is 9.70. The van der Waals surface area contributed by atoms with Gasteiger partial charge in [0.05, 0.1) is 6.61 Å². The van der Waals surface area contributed by atoms with Gasteiger partial charge in [0, 0.05) is 18.7 Å². The van der Waals surface area contributed by atoms with Gasteiger partial charge in [-0.1, -0.05) is 30.3 Å². The van der Waals surface area contributed by atoms with Crippen molar-refractivity contribution in [1.82, 2.24) is 0 Å². The maximum absolute atomic E-state index is 9.70. The molecule has 1 saturated heterocycles. The Morgan fingerprint density at radius 2 is 1.86 bits per heavy atom. The number of benzene rings is 2. The van der Waals surface area contributed by atoms with E-state index in [1.165, 1.54) is 0 Å². The first-order valence-electron chi connectivity index (χ1n) is 7.34.